The van der Waals surface area contributed by atoms with Crippen LogP contribution in [-0.4, -0.2) is 22.7 Å². The van der Waals surface area contributed by atoms with Gasteiger partial charge in [0.25, 0.3) is 0 Å². The van der Waals surface area contributed by atoms with Crippen LogP contribution >= 0.6 is 15.9 Å². The Morgan fingerprint density at radius 2 is 2.10 bits per heavy atom. The molecule has 0 radical (unpaired) electrons. The van der Waals surface area contributed by atoms with Gasteiger partial charge in [-0.15, -0.1) is 0 Å². The third-order valence-electron chi connectivity index (χ3n) is 3.36. The van der Waals surface area contributed by atoms with Crippen LogP contribution in [0.3, 0.4) is 0 Å². The average molecular weight is 349 g/mol. The van der Waals surface area contributed by atoms with Gasteiger partial charge in [-0.3, -0.25) is 9.48 Å². The van der Waals surface area contributed by atoms with Crippen LogP contribution in [0, 0.1) is 13.8 Å². The van der Waals surface area contributed by atoms with Crippen molar-refractivity contribution in [3.63, 3.8) is 0 Å². The van der Waals surface area contributed by atoms with Gasteiger partial charge in [-0.1, -0.05) is 15.9 Å². The molecule has 0 saturated carbocycles. The molecule has 0 saturated heterocycles. The summed E-state index contributed by atoms with van der Waals surface area (Å²) in [5.41, 5.74) is 3.11. The number of ketones is 1. The van der Waals surface area contributed by atoms with E-state index in [0.717, 1.165) is 27.2 Å². The Balaban J connectivity index is 2.33. The first-order valence-corrected chi connectivity index (χ1v) is 7.29. The third kappa shape index (κ3) is 3.24. The van der Waals surface area contributed by atoms with Crippen molar-refractivity contribution in [1.29, 1.82) is 0 Å². The average Bonchev–Trinajstić information content (AvgIpc) is 2.70. The van der Waals surface area contributed by atoms with Crippen molar-refractivity contribution in [2.24, 2.45) is 7.05 Å². The molecule has 4 nitrogen and oxygen atoms in total. The maximum Gasteiger partial charge on any atom is 0.189 e. The van der Waals surface area contributed by atoms with Crippen LogP contribution in [0.1, 0.15) is 27.3 Å². The molecule has 110 valence electrons. The standard InChI is InChI=1S/C16H17BrN2O2/c1-10-16(11(2)19(3)18-10)14(20)7-5-12-9-13(17)6-8-15(12)21-4/h5-9H,1-4H3. The van der Waals surface area contributed by atoms with E-state index < -0.39 is 0 Å². The molecule has 5 heteroatoms. The Labute approximate surface area is 132 Å². The maximum absolute atomic E-state index is 12.4. The molecule has 1 aromatic heterocycles. The first kappa shape index (κ1) is 15.5. The SMILES string of the molecule is COc1ccc(Br)cc1C=CC(=O)c1c(C)nn(C)c1C. The van der Waals surface area contributed by atoms with Crippen LogP contribution in [0.25, 0.3) is 6.08 Å². The second-order valence-electron chi connectivity index (χ2n) is 4.75. The minimum absolute atomic E-state index is 0.0554. The first-order chi connectivity index (χ1) is 9.93. The zero-order valence-corrected chi connectivity index (χ0v) is 14.1. The molecule has 1 heterocycles. The minimum atomic E-state index is -0.0554. The topological polar surface area (TPSA) is 44.1 Å². The number of methoxy groups -OCH3 is 1. The van der Waals surface area contributed by atoms with Gasteiger partial charge in [0.05, 0.1) is 18.4 Å². The summed E-state index contributed by atoms with van der Waals surface area (Å²) < 4.78 is 7.94. The van der Waals surface area contributed by atoms with E-state index in [1.807, 2.05) is 39.1 Å². The molecule has 0 atom stereocenters. The van der Waals surface area contributed by atoms with E-state index >= 15 is 0 Å². The summed E-state index contributed by atoms with van der Waals surface area (Å²) >= 11 is 3.42. The lowest BCUT2D eigenvalue weighted by Gasteiger charge is -2.04. The molecule has 1 aromatic carbocycles. The highest BCUT2D eigenvalue weighted by molar-refractivity contribution is 9.10. The normalized spacial score (nSPS) is 11.1. The second kappa shape index (κ2) is 6.26. The molecule has 2 aromatic rings. The maximum atomic E-state index is 12.4. The molecule has 0 amide bonds. The monoisotopic (exact) mass is 348 g/mol. The fraction of sp³-hybridized carbons (Fsp3) is 0.250. The zero-order chi connectivity index (χ0) is 15.6. The highest BCUT2D eigenvalue weighted by atomic mass is 79.9. The van der Waals surface area contributed by atoms with Gasteiger partial charge in [0.1, 0.15) is 5.75 Å². The number of rotatable bonds is 4. The Morgan fingerprint density at radius 1 is 1.38 bits per heavy atom. The van der Waals surface area contributed by atoms with Crippen LogP contribution in [-0.2, 0) is 7.05 Å². The van der Waals surface area contributed by atoms with E-state index in [0.29, 0.717) is 5.56 Å². The molecule has 0 aliphatic heterocycles. The molecule has 0 unspecified atom stereocenters. The molecule has 0 aliphatic rings. The van der Waals surface area contributed by atoms with Crippen LogP contribution in [0.15, 0.2) is 28.7 Å². The number of ether oxygens (including phenoxy) is 1. The largest absolute Gasteiger partial charge is 0.496 e. The van der Waals surface area contributed by atoms with Gasteiger partial charge in [0.15, 0.2) is 5.78 Å². The van der Waals surface area contributed by atoms with Crippen molar-refractivity contribution < 1.29 is 9.53 Å². The number of nitrogens with zero attached hydrogens (tertiary/aromatic N) is 2. The van der Waals surface area contributed by atoms with Gasteiger partial charge in [-0.25, -0.2) is 0 Å². The van der Waals surface area contributed by atoms with Gasteiger partial charge in [0, 0.05) is 22.8 Å². The van der Waals surface area contributed by atoms with Crippen molar-refractivity contribution in [1.82, 2.24) is 9.78 Å². The molecule has 0 spiro atoms. The van der Waals surface area contributed by atoms with Gasteiger partial charge < -0.3 is 4.74 Å². The zero-order valence-electron chi connectivity index (χ0n) is 12.5. The van der Waals surface area contributed by atoms with Gasteiger partial charge in [-0.2, -0.15) is 5.10 Å². The van der Waals surface area contributed by atoms with E-state index in [4.69, 9.17) is 4.74 Å². The van der Waals surface area contributed by atoms with E-state index in [1.165, 1.54) is 0 Å². The van der Waals surface area contributed by atoms with Crippen LogP contribution in [0.4, 0.5) is 0 Å². The van der Waals surface area contributed by atoms with E-state index in [1.54, 1.807) is 23.9 Å². The predicted octanol–water partition coefficient (Wildman–Crippen LogP) is 3.70. The van der Waals surface area contributed by atoms with Crippen molar-refractivity contribution in [3.05, 3.63) is 51.3 Å². The van der Waals surface area contributed by atoms with Crippen molar-refractivity contribution >= 4 is 27.8 Å². The van der Waals surface area contributed by atoms with Crippen LogP contribution in [0.5, 0.6) is 5.75 Å². The number of carbonyl (C=O) groups is 1. The minimum Gasteiger partial charge on any atom is -0.496 e. The smallest absolute Gasteiger partial charge is 0.189 e. The summed E-state index contributed by atoms with van der Waals surface area (Å²) in [6.07, 6.45) is 3.32. The van der Waals surface area contributed by atoms with Crippen LogP contribution in [0.2, 0.25) is 0 Å². The Hall–Kier alpha value is -1.88. The Kier molecular flexibility index (Phi) is 4.63. The lowest BCUT2D eigenvalue weighted by molar-refractivity contribution is 0.104. The molecule has 0 aliphatic carbocycles. The van der Waals surface area contributed by atoms with Gasteiger partial charge in [-0.05, 0) is 44.2 Å². The Morgan fingerprint density at radius 3 is 2.67 bits per heavy atom. The van der Waals surface area contributed by atoms with Crippen molar-refractivity contribution in [2.45, 2.75) is 13.8 Å². The summed E-state index contributed by atoms with van der Waals surface area (Å²) in [6, 6.07) is 5.66. The fourth-order valence-corrected chi connectivity index (χ4v) is 2.59. The molecule has 21 heavy (non-hydrogen) atoms. The van der Waals surface area contributed by atoms with Gasteiger partial charge >= 0.3 is 0 Å². The summed E-state index contributed by atoms with van der Waals surface area (Å²) in [5, 5.41) is 4.26. The molecule has 2 rings (SSSR count). The lowest BCUT2D eigenvalue weighted by Crippen LogP contribution is -1.99. The number of benzene rings is 1. The first-order valence-electron chi connectivity index (χ1n) is 6.50. The molecular formula is C16H17BrN2O2. The number of carbonyl (C=O) groups excluding carboxylic acids is 1. The Bertz CT molecular complexity index is 717. The number of allylic oxidation sites excluding steroid dienone is 1. The summed E-state index contributed by atoms with van der Waals surface area (Å²) in [4.78, 5) is 12.4. The second-order valence-corrected chi connectivity index (χ2v) is 5.67. The number of hydrogen-bond donors (Lipinski definition) is 0. The van der Waals surface area contributed by atoms with Crippen molar-refractivity contribution in [2.75, 3.05) is 7.11 Å². The predicted molar refractivity (Wildman–Crippen MR) is 86.7 cm³/mol. The van der Waals surface area contributed by atoms with E-state index in [9.17, 15) is 4.79 Å². The quantitative estimate of drug-likeness (QED) is 0.624. The molecule has 0 fully saturated rings. The number of hydrogen-bond acceptors (Lipinski definition) is 3. The lowest BCUT2D eigenvalue weighted by atomic mass is 10.1. The summed E-state index contributed by atoms with van der Waals surface area (Å²) in [7, 11) is 3.44. The van der Waals surface area contributed by atoms with Gasteiger partial charge in [0.2, 0.25) is 0 Å². The number of aromatic nitrogens is 2. The van der Waals surface area contributed by atoms with Crippen LogP contribution < -0.4 is 4.74 Å². The highest BCUT2D eigenvalue weighted by Gasteiger charge is 2.15. The summed E-state index contributed by atoms with van der Waals surface area (Å²) in [6.45, 7) is 3.73. The van der Waals surface area contributed by atoms with E-state index in [-0.39, 0.29) is 5.78 Å². The van der Waals surface area contributed by atoms with E-state index in [2.05, 4.69) is 21.0 Å². The number of aryl methyl sites for hydroxylation is 2. The third-order valence-corrected chi connectivity index (χ3v) is 3.85. The molecule has 0 N–H and O–H groups in total. The summed E-state index contributed by atoms with van der Waals surface area (Å²) in [5.74, 6) is 0.669. The fourth-order valence-electron chi connectivity index (χ4n) is 2.21. The highest BCUT2D eigenvalue weighted by Crippen LogP contribution is 2.24. The molecule has 0 bridgehead atoms. The molecular weight excluding hydrogens is 332 g/mol. The number of halogens is 1. The van der Waals surface area contributed by atoms with Crippen molar-refractivity contribution in [3.8, 4) is 5.75 Å².